The van der Waals surface area contributed by atoms with Crippen molar-refractivity contribution in [1.82, 2.24) is 4.72 Å². The van der Waals surface area contributed by atoms with Gasteiger partial charge < -0.3 is 5.32 Å². The number of thioether (sulfide) groups is 1. The summed E-state index contributed by atoms with van der Waals surface area (Å²) in [6.07, 6.45) is 1.87. The van der Waals surface area contributed by atoms with Gasteiger partial charge >= 0.3 is 0 Å². The third-order valence-corrected chi connectivity index (χ3v) is 6.35. The Labute approximate surface area is 159 Å². The topological polar surface area (TPSA) is 75.3 Å². The number of carbonyl (C=O) groups excluding carboxylic acids is 1. The summed E-state index contributed by atoms with van der Waals surface area (Å²) in [6.45, 7) is 7.18. The maximum atomic E-state index is 12.8. The van der Waals surface area contributed by atoms with Gasteiger partial charge in [-0.25, -0.2) is 13.1 Å². The molecule has 2 rings (SSSR count). The monoisotopic (exact) mass is 392 g/mol. The van der Waals surface area contributed by atoms with Crippen LogP contribution >= 0.6 is 11.8 Å². The first-order chi connectivity index (χ1) is 12.1. The zero-order valence-electron chi connectivity index (χ0n) is 15.6. The molecule has 0 spiro atoms. The second-order valence-electron chi connectivity index (χ2n) is 6.25. The van der Waals surface area contributed by atoms with Gasteiger partial charge in [0.15, 0.2) is 0 Å². The van der Waals surface area contributed by atoms with E-state index < -0.39 is 10.0 Å². The average Bonchev–Trinajstić information content (AvgIpc) is 2.53. The Hall–Kier alpha value is -1.83. The number of sulfonamides is 1. The van der Waals surface area contributed by atoms with E-state index in [2.05, 4.69) is 10.0 Å². The highest BCUT2D eigenvalue weighted by Crippen LogP contribution is 2.29. The SMILES string of the molecule is CSc1ccc(S(=O)(=O)N[C@H](C)c2ccc(C)cc2C)cc1NC(C)=O. The van der Waals surface area contributed by atoms with Gasteiger partial charge in [0.25, 0.3) is 0 Å². The van der Waals surface area contributed by atoms with E-state index >= 15 is 0 Å². The number of anilines is 1. The highest BCUT2D eigenvalue weighted by Gasteiger charge is 2.21. The molecule has 2 aromatic rings. The minimum Gasteiger partial charge on any atom is -0.325 e. The number of hydrogen-bond donors (Lipinski definition) is 2. The van der Waals surface area contributed by atoms with Gasteiger partial charge in [0.05, 0.1) is 10.6 Å². The molecule has 0 bridgehead atoms. The number of carbonyl (C=O) groups is 1. The summed E-state index contributed by atoms with van der Waals surface area (Å²) in [5.41, 5.74) is 3.60. The van der Waals surface area contributed by atoms with Crippen molar-refractivity contribution in [1.29, 1.82) is 0 Å². The Morgan fingerprint density at radius 2 is 1.81 bits per heavy atom. The van der Waals surface area contributed by atoms with Crippen LogP contribution in [0.4, 0.5) is 5.69 Å². The fourth-order valence-electron chi connectivity index (χ4n) is 2.82. The van der Waals surface area contributed by atoms with Gasteiger partial charge in [0.2, 0.25) is 15.9 Å². The van der Waals surface area contributed by atoms with Crippen molar-refractivity contribution in [2.75, 3.05) is 11.6 Å². The Morgan fingerprint density at radius 1 is 1.12 bits per heavy atom. The number of nitrogens with one attached hydrogen (secondary N) is 2. The van der Waals surface area contributed by atoms with Crippen molar-refractivity contribution < 1.29 is 13.2 Å². The van der Waals surface area contributed by atoms with Crippen LogP contribution in [-0.4, -0.2) is 20.6 Å². The quantitative estimate of drug-likeness (QED) is 0.728. The molecule has 0 aromatic heterocycles. The van der Waals surface area contributed by atoms with E-state index in [9.17, 15) is 13.2 Å². The van der Waals surface area contributed by atoms with Crippen LogP contribution in [0.15, 0.2) is 46.2 Å². The van der Waals surface area contributed by atoms with Crippen molar-refractivity contribution in [3.8, 4) is 0 Å². The second-order valence-corrected chi connectivity index (χ2v) is 8.81. The normalized spacial score (nSPS) is 12.7. The molecule has 2 aromatic carbocycles. The summed E-state index contributed by atoms with van der Waals surface area (Å²) < 4.78 is 28.3. The highest BCUT2D eigenvalue weighted by molar-refractivity contribution is 7.98. The third kappa shape index (κ3) is 4.87. The van der Waals surface area contributed by atoms with Crippen molar-refractivity contribution in [2.24, 2.45) is 0 Å². The molecule has 1 amide bonds. The average molecular weight is 393 g/mol. The van der Waals surface area contributed by atoms with Crippen molar-refractivity contribution >= 4 is 33.4 Å². The van der Waals surface area contributed by atoms with Gasteiger partial charge in [0, 0.05) is 17.9 Å². The molecule has 0 radical (unpaired) electrons. The van der Waals surface area contributed by atoms with Gasteiger partial charge in [-0.05, 0) is 56.4 Å². The van der Waals surface area contributed by atoms with E-state index in [4.69, 9.17) is 0 Å². The summed E-state index contributed by atoms with van der Waals surface area (Å²) in [5.74, 6) is -0.244. The molecule has 0 aliphatic heterocycles. The third-order valence-electron chi connectivity index (χ3n) is 4.02. The fourth-order valence-corrected chi connectivity index (χ4v) is 4.60. The van der Waals surface area contributed by atoms with Gasteiger partial charge in [-0.2, -0.15) is 0 Å². The molecule has 1 atom stereocenters. The fraction of sp³-hybridized carbons (Fsp3) is 0.316. The van der Waals surface area contributed by atoms with Crippen LogP contribution in [0.25, 0.3) is 0 Å². The van der Waals surface area contributed by atoms with E-state index in [1.807, 2.05) is 45.2 Å². The van der Waals surface area contributed by atoms with Crippen LogP contribution in [0.5, 0.6) is 0 Å². The molecule has 2 N–H and O–H groups in total. The molecule has 0 unspecified atom stereocenters. The summed E-state index contributed by atoms with van der Waals surface area (Å²) >= 11 is 1.44. The summed E-state index contributed by atoms with van der Waals surface area (Å²) in [7, 11) is -3.73. The van der Waals surface area contributed by atoms with Crippen LogP contribution in [0.1, 0.15) is 36.6 Å². The molecule has 140 valence electrons. The first-order valence-electron chi connectivity index (χ1n) is 8.19. The molecule has 26 heavy (non-hydrogen) atoms. The lowest BCUT2D eigenvalue weighted by Crippen LogP contribution is -2.27. The van der Waals surface area contributed by atoms with Crippen LogP contribution in [0, 0.1) is 13.8 Å². The predicted octanol–water partition coefficient (Wildman–Crippen LogP) is 4.02. The molecular weight excluding hydrogens is 368 g/mol. The molecule has 0 heterocycles. The minimum atomic E-state index is -3.73. The molecular formula is C19H24N2O3S2. The van der Waals surface area contributed by atoms with Gasteiger partial charge in [-0.3, -0.25) is 4.79 Å². The zero-order chi connectivity index (χ0) is 19.5. The van der Waals surface area contributed by atoms with E-state index in [0.717, 1.165) is 21.6 Å². The molecule has 0 aliphatic rings. The van der Waals surface area contributed by atoms with Crippen molar-refractivity contribution in [3.63, 3.8) is 0 Å². The lowest BCUT2D eigenvalue weighted by atomic mass is 10.0. The van der Waals surface area contributed by atoms with Crippen LogP contribution in [0.2, 0.25) is 0 Å². The number of amides is 1. The number of rotatable bonds is 6. The van der Waals surface area contributed by atoms with E-state index in [-0.39, 0.29) is 16.8 Å². The molecule has 0 fully saturated rings. The lowest BCUT2D eigenvalue weighted by Gasteiger charge is -2.18. The molecule has 0 saturated carbocycles. The van der Waals surface area contributed by atoms with Crippen molar-refractivity contribution in [2.45, 2.75) is 43.5 Å². The highest BCUT2D eigenvalue weighted by atomic mass is 32.2. The maximum absolute atomic E-state index is 12.8. The predicted molar refractivity (Wildman–Crippen MR) is 107 cm³/mol. The van der Waals surface area contributed by atoms with E-state index in [1.165, 1.54) is 24.8 Å². The minimum absolute atomic E-state index is 0.121. The van der Waals surface area contributed by atoms with E-state index in [0.29, 0.717) is 5.69 Å². The first kappa shape index (κ1) is 20.5. The van der Waals surface area contributed by atoms with Crippen LogP contribution in [-0.2, 0) is 14.8 Å². The summed E-state index contributed by atoms with van der Waals surface area (Å²) in [4.78, 5) is 12.3. The number of aryl methyl sites for hydroxylation is 2. The second kappa shape index (κ2) is 8.24. The Balaban J connectivity index is 2.33. The van der Waals surface area contributed by atoms with Gasteiger partial charge in [-0.1, -0.05) is 23.8 Å². The first-order valence-corrected chi connectivity index (χ1v) is 10.9. The molecule has 0 saturated heterocycles. The van der Waals surface area contributed by atoms with Crippen LogP contribution < -0.4 is 10.0 Å². The molecule has 5 nitrogen and oxygen atoms in total. The van der Waals surface area contributed by atoms with Gasteiger partial charge in [0.1, 0.15) is 0 Å². The zero-order valence-corrected chi connectivity index (χ0v) is 17.2. The van der Waals surface area contributed by atoms with Gasteiger partial charge in [-0.15, -0.1) is 11.8 Å². The maximum Gasteiger partial charge on any atom is 0.241 e. The smallest absolute Gasteiger partial charge is 0.241 e. The lowest BCUT2D eigenvalue weighted by molar-refractivity contribution is -0.114. The van der Waals surface area contributed by atoms with E-state index in [1.54, 1.807) is 12.1 Å². The summed E-state index contributed by atoms with van der Waals surface area (Å²) in [6, 6.07) is 10.3. The largest absolute Gasteiger partial charge is 0.325 e. The Kier molecular flexibility index (Phi) is 6.49. The Morgan fingerprint density at radius 3 is 2.38 bits per heavy atom. The summed E-state index contributed by atoms with van der Waals surface area (Å²) in [5, 5.41) is 2.69. The molecule has 7 heteroatoms. The standard InChI is InChI=1S/C19H24N2O3S2/c1-12-6-8-17(13(2)10-12)14(3)21-26(23,24)16-7-9-19(25-5)18(11-16)20-15(4)22/h6-11,14,21H,1-5H3,(H,20,22)/t14-/m1/s1. The molecule has 0 aliphatic carbocycles. The van der Waals surface area contributed by atoms with Crippen LogP contribution in [0.3, 0.4) is 0 Å². The van der Waals surface area contributed by atoms with Crippen molar-refractivity contribution in [3.05, 3.63) is 53.1 Å². The Bertz CT molecular complexity index is 924. The number of hydrogen-bond acceptors (Lipinski definition) is 4. The number of benzene rings is 2.